The van der Waals surface area contributed by atoms with Crippen LogP contribution in [0.5, 0.6) is 5.75 Å². The van der Waals surface area contributed by atoms with Crippen molar-refractivity contribution in [3.63, 3.8) is 0 Å². The Balaban J connectivity index is 2.59. The van der Waals surface area contributed by atoms with Crippen molar-refractivity contribution in [2.24, 2.45) is 5.73 Å². The summed E-state index contributed by atoms with van der Waals surface area (Å²) in [5, 5.41) is 10.2. The van der Waals surface area contributed by atoms with E-state index in [1.807, 2.05) is 17.8 Å². The number of benzene rings is 1. The molecule has 2 atom stereocenters. The number of rotatable bonds is 3. The molecule has 2 rings (SSSR count). The van der Waals surface area contributed by atoms with Crippen LogP contribution in [0.15, 0.2) is 18.2 Å². The third-order valence-electron chi connectivity index (χ3n) is 4.65. The molecule has 1 aromatic rings. The third kappa shape index (κ3) is 1.94. The van der Waals surface area contributed by atoms with Crippen LogP contribution in [-0.4, -0.2) is 22.7 Å². The molecule has 1 aliphatic carbocycles. The Kier molecular flexibility index (Phi) is 3.93. The average Bonchev–Trinajstić information content (AvgIpc) is 2.39. The molecular formula is C15H23NOS. The summed E-state index contributed by atoms with van der Waals surface area (Å²) >= 11 is 1.87. The van der Waals surface area contributed by atoms with Gasteiger partial charge in [-0.25, -0.2) is 0 Å². The maximum atomic E-state index is 9.77. The summed E-state index contributed by atoms with van der Waals surface area (Å²) in [7, 11) is 0. The Morgan fingerprint density at radius 1 is 1.39 bits per heavy atom. The van der Waals surface area contributed by atoms with Crippen LogP contribution in [0.2, 0.25) is 0 Å². The maximum Gasteiger partial charge on any atom is 0.115 e. The summed E-state index contributed by atoms with van der Waals surface area (Å²) in [6.45, 7) is 4.42. The molecule has 18 heavy (non-hydrogen) atoms. The SMILES string of the molecule is CCC1(CC)c2cc(O)ccc2C[C@H](SC)[C@H]1N. The first kappa shape index (κ1) is 13.8. The van der Waals surface area contributed by atoms with Gasteiger partial charge in [0.2, 0.25) is 0 Å². The Bertz CT molecular complexity index is 429. The van der Waals surface area contributed by atoms with Gasteiger partial charge in [0.15, 0.2) is 0 Å². The molecule has 0 spiro atoms. The Labute approximate surface area is 114 Å². The number of thioether (sulfide) groups is 1. The molecule has 0 saturated heterocycles. The third-order valence-corrected chi connectivity index (χ3v) is 5.72. The number of phenolic OH excluding ortho intramolecular Hbond substituents is 1. The van der Waals surface area contributed by atoms with Crippen molar-refractivity contribution in [1.29, 1.82) is 0 Å². The highest BCUT2D eigenvalue weighted by atomic mass is 32.2. The zero-order valence-electron chi connectivity index (χ0n) is 11.4. The van der Waals surface area contributed by atoms with Gasteiger partial charge in [-0.1, -0.05) is 19.9 Å². The molecule has 3 N–H and O–H groups in total. The van der Waals surface area contributed by atoms with E-state index < -0.39 is 0 Å². The first-order chi connectivity index (χ1) is 8.58. The highest BCUT2D eigenvalue weighted by molar-refractivity contribution is 7.99. The van der Waals surface area contributed by atoms with Gasteiger partial charge in [-0.3, -0.25) is 0 Å². The minimum atomic E-state index is 0.0139. The first-order valence-corrected chi connectivity index (χ1v) is 7.98. The Morgan fingerprint density at radius 2 is 2.06 bits per heavy atom. The number of aromatic hydroxyl groups is 1. The molecule has 0 aromatic heterocycles. The van der Waals surface area contributed by atoms with Crippen LogP contribution in [0.1, 0.15) is 37.8 Å². The van der Waals surface area contributed by atoms with Crippen molar-refractivity contribution in [1.82, 2.24) is 0 Å². The molecule has 0 fully saturated rings. The highest BCUT2D eigenvalue weighted by Crippen LogP contribution is 2.45. The number of phenols is 1. The van der Waals surface area contributed by atoms with E-state index in [4.69, 9.17) is 5.73 Å². The summed E-state index contributed by atoms with van der Waals surface area (Å²) in [6, 6.07) is 5.96. The van der Waals surface area contributed by atoms with Crippen LogP contribution in [0.4, 0.5) is 0 Å². The van der Waals surface area contributed by atoms with E-state index in [-0.39, 0.29) is 11.5 Å². The van der Waals surface area contributed by atoms with Crippen molar-refractivity contribution in [2.45, 2.75) is 49.8 Å². The predicted molar refractivity (Wildman–Crippen MR) is 79.3 cm³/mol. The molecule has 3 heteroatoms. The van der Waals surface area contributed by atoms with E-state index in [2.05, 4.69) is 26.2 Å². The monoisotopic (exact) mass is 265 g/mol. The molecule has 0 radical (unpaired) electrons. The van der Waals surface area contributed by atoms with Crippen LogP contribution in [-0.2, 0) is 11.8 Å². The molecule has 0 aliphatic heterocycles. The van der Waals surface area contributed by atoms with Gasteiger partial charge in [0, 0.05) is 16.7 Å². The molecule has 0 bridgehead atoms. The molecule has 1 aromatic carbocycles. The minimum Gasteiger partial charge on any atom is -0.508 e. The normalized spacial score (nSPS) is 25.8. The van der Waals surface area contributed by atoms with Crippen molar-refractivity contribution in [3.05, 3.63) is 29.3 Å². The molecule has 1 aliphatic rings. The second kappa shape index (κ2) is 5.14. The lowest BCUT2D eigenvalue weighted by molar-refractivity contribution is 0.290. The Hall–Kier alpha value is -0.670. The number of fused-ring (bicyclic) bond motifs is 1. The summed E-state index contributed by atoms with van der Waals surface area (Å²) in [5.41, 5.74) is 9.19. The fourth-order valence-electron chi connectivity index (χ4n) is 3.42. The summed E-state index contributed by atoms with van der Waals surface area (Å²) in [5.74, 6) is 0.356. The lowest BCUT2D eigenvalue weighted by Crippen LogP contribution is -2.54. The van der Waals surface area contributed by atoms with Crippen LogP contribution in [0.3, 0.4) is 0 Å². The average molecular weight is 265 g/mol. The van der Waals surface area contributed by atoms with Crippen LogP contribution in [0.25, 0.3) is 0 Å². The molecular weight excluding hydrogens is 242 g/mol. The van der Waals surface area contributed by atoms with Gasteiger partial charge in [0.05, 0.1) is 0 Å². The second-order valence-corrected chi connectivity index (χ2v) is 6.29. The summed E-state index contributed by atoms with van der Waals surface area (Å²) < 4.78 is 0. The summed E-state index contributed by atoms with van der Waals surface area (Å²) in [6.07, 6.45) is 5.21. The van der Waals surface area contributed by atoms with Crippen molar-refractivity contribution >= 4 is 11.8 Å². The van der Waals surface area contributed by atoms with Crippen molar-refractivity contribution in [2.75, 3.05) is 6.26 Å². The van der Waals surface area contributed by atoms with E-state index >= 15 is 0 Å². The first-order valence-electron chi connectivity index (χ1n) is 6.69. The lowest BCUT2D eigenvalue weighted by Gasteiger charge is -2.46. The lowest BCUT2D eigenvalue weighted by atomic mass is 9.63. The van der Waals surface area contributed by atoms with Gasteiger partial charge >= 0.3 is 0 Å². The smallest absolute Gasteiger partial charge is 0.115 e. The standard InChI is InChI=1S/C15H23NOS/c1-4-15(5-2)12-9-11(17)7-6-10(12)8-13(18-3)14(15)16/h6-7,9,13-14,17H,4-5,8,16H2,1-3H3/t13-,14+/m0/s1. The van der Waals surface area contributed by atoms with E-state index in [1.165, 1.54) is 11.1 Å². The zero-order valence-corrected chi connectivity index (χ0v) is 12.3. The maximum absolute atomic E-state index is 9.77. The molecule has 0 heterocycles. The van der Waals surface area contributed by atoms with Gasteiger partial charge in [-0.05, 0) is 48.8 Å². The van der Waals surface area contributed by atoms with Gasteiger partial charge in [0.25, 0.3) is 0 Å². The molecule has 100 valence electrons. The molecule has 0 unspecified atom stereocenters. The number of nitrogens with two attached hydrogens (primary N) is 1. The quantitative estimate of drug-likeness (QED) is 0.883. The topological polar surface area (TPSA) is 46.2 Å². The fraction of sp³-hybridized carbons (Fsp3) is 0.600. The number of hydrogen-bond acceptors (Lipinski definition) is 3. The van der Waals surface area contributed by atoms with E-state index in [9.17, 15) is 5.11 Å². The van der Waals surface area contributed by atoms with Gasteiger partial charge in [-0.15, -0.1) is 0 Å². The van der Waals surface area contributed by atoms with E-state index in [0.717, 1.165) is 19.3 Å². The van der Waals surface area contributed by atoms with E-state index in [0.29, 0.717) is 11.0 Å². The van der Waals surface area contributed by atoms with Gasteiger partial charge in [0.1, 0.15) is 5.75 Å². The van der Waals surface area contributed by atoms with Crippen LogP contribution < -0.4 is 5.73 Å². The number of hydrogen-bond donors (Lipinski definition) is 2. The van der Waals surface area contributed by atoms with Gasteiger partial charge in [-0.2, -0.15) is 11.8 Å². The van der Waals surface area contributed by atoms with Crippen LogP contribution in [0, 0.1) is 0 Å². The summed E-state index contributed by atoms with van der Waals surface area (Å²) in [4.78, 5) is 0. The largest absolute Gasteiger partial charge is 0.508 e. The van der Waals surface area contributed by atoms with Gasteiger partial charge < -0.3 is 10.8 Å². The second-order valence-electron chi connectivity index (χ2n) is 5.21. The zero-order chi connectivity index (χ0) is 13.3. The highest BCUT2D eigenvalue weighted by Gasteiger charge is 2.44. The molecule has 2 nitrogen and oxygen atoms in total. The van der Waals surface area contributed by atoms with E-state index in [1.54, 1.807) is 6.07 Å². The van der Waals surface area contributed by atoms with Crippen molar-refractivity contribution < 1.29 is 5.11 Å². The molecule has 0 saturated carbocycles. The fourth-order valence-corrected chi connectivity index (χ4v) is 4.32. The molecule has 0 amide bonds. The Morgan fingerprint density at radius 3 is 2.61 bits per heavy atom. The minimum absolute atomic E-state index is 0.0139. The predicted octanol–water partition coefficient (Wildman–Crippen LogP) is 3.07. The van der Waals surface area contributed by atoms with Crippen LogP contribution >= 0.6 is 11.8 Å². The van der Waals surface area contributed by atoms with Crippen molar-refractivity contribution in [3.8, 4) is 5.75 Å².